The molecule has 0 spiro atoms. The molecule has 1 aromatic rings. The number of halogens is 1. The second-order valence-electron chi connectivity index (χ2n) is 3.22. The summed E-state index contributed by atoms with van der Waals surface area (Å²) in [5.74, 6) is -0.310. The first-order valence-corrected chi connectivity index (χ1v) is 4.17. The molecule has 0 aliphatic carbocycles. The Labute approximate surface area is 77.5 Å². The summed E-state index contributed by atoms with van der Waals surface area (Å²) in [5.41, 5.74) is 2.63. The topological polar surface area (TPSA) is 20.2 Å². The smallest absolute Gasteiger partial charge is 0.123 e. The Bertz CT molecular complexity index is 325. The highest BCUT2D eigenvalue weighted by atomic mass is 19.1. The normalized spacial score (nSPS) is 9.85. The van der Waals surface area contributed by atoms with Gasteiger partial charge in [-0.25, -0.2) is 4.39 Å². The summed E-state index contributed by atoms with van der Waals surface area (Å²) in [6, 6.07) is 4.43. The van der Waals surface area contributed by atoms with Crippen molar-refractivity contribution in [1.29, 1.82) is 0 Å². The lowest BCUT2D eigenvalue weighted by Crippen LogP contribution is -1.90. The van der Waals surface area contributed by atoms with Gasteiger partial charge in [0.05, 0.1) is 6.61 Å². The maximum Gasteiger partial charge on any atom is 0.123 e. The van der Waals surface area contributed by atoms with Crippen LogP contribution in [0.15, 0.2) is 23.8 Å². The molecule has 70 valence electrons. The van der Waals surface area contributed by atoms with Crippen LogP contribution in [-0.2, 0) is 6.61 Å². The van der Waals surface area contributed by atoms with E-state index in [1.54, 1.807) is 6.07 Å². The van der Waals surface area contributed by atoms with Crippen LogP contribution in [0.3, 0.4) is 0 Å². The first-order chi connectivity index (χ1) is 6.13. The number of rotatable bonds is 2. The molecule has 1 aromatic carbocycles. The lowest BCUT2D eigenvalue weighted by atomic mass is 10.1. The molecule has 0 aliphatic heterocycles. The van der Waals surface area contributed by atoms with E-state index in [1.807, 2.05) is 19.9 Å². The van der Waals surface area contributed by atoms with Gasteiger partial charge >= 0.3 is 0 Å². The van der Waals surface area contributed by atoms with E-state index in [-0.39, 0.29) is 12.4 Å². The lowest BCUT2D eigenvalue weighted by Gasteiger charge is -2.03. The minimum atomic E-state index is -0.310. The van der Waals surface area contributed by atoms with Crippen molar-refractivity contribution < 1.29 is 9.50 Å². The van der Waals surface area contributed by atoms with Gasteiger partial charge < -0.3 is 5.11 Å². The fourth-order valence-corrected chi connectivity index (χ4v) is 1.16. The van der Waals surface area contributed by atoms with Crippen LogP contribution in [0.4, 0.5) is 4.39 Å². The zero-order chi connectivity index (χ0) is 9.84. The highest BCUT2D eigenvalue weighted by molar-refractivity contribution is 5.55. The van der Waals surface area contributed by atoms with Crippen LogP contribution >= 0.6 is 0 Å². The zero-order valence-corrected chi connectivity index (χ0v) is 7.84. The van der Waals surface area contributed by atoms with Crippen LogP contribution in [-0.4, -0.2) is 5.11 Å². The highest BCUT2D eigenvalue weighted by Crippen LogP contribution is 2.14. The molecule has 0 saturated heterocycles. The van der Waals surface area contributed by atoms with Crippen LogP contribution in [0.25, 0.3) is 6.08 Å². The molecule has 0 aliphatic rings. The van der Waals surface area contributed by atoms with Crippen LogP contribution in [0, 0.1) is 5.82 Å². The van der Waals surface area contributed by atoms with Gasteiger partial charge in [-0.3, -0.25) is 0 Å². The molecular weight excluding hydrogens is 167 g/mol. The molecule has 1 N–H and O–H groups in total. The fraction of sp³-hybridized carbons (Fsp3) is 0.273. The third-order valence-electron chi connectivity index (χ3n) is 1.72. The number of hydrogen-bond acceptors (Lipinski definition) is 1. The van der Waals surface area contributed by atoms with Crippen molar-refractivity contribution in [2.45, 2.75) is 20.5 Å². The number of hydrogen-bond donors (Lipinski definition) is 1. The SMILES string of the molecule is CC(C)=Cc1ccc(F)cc1CO. The molecule has 1 rings (SSSR count). The first-order valence-electron chi connectivity index (χ1n) is 4.17. The standard InChI is InChI=1S/C11H13FO/c1-8(2)5-9-3-4-11(12)6-10(9)7-13/h3-6,13H,7H2,1-2H3. The number of aliphatic hydroxyl groups is 1. The predicted octanol–water partition coefficient (Wildman–Crippen LogP) is 2.74. The van der Waals surface area contributed by atoms with Crippen LogP contribution in [0.1, 0.15) is 25.0 Å². The van der Waals surface area contributed by atoms with Crippen molar-refractivity contribution in [1.82, 2.24) is 0 Å². The maximum atomic E-state index is 12.7. The summed E-state index contributed by atoms with van der Waals surface area (Å²) in [6.07, 6.45) is 1.92. The van der Waals surface area contributed by atoms with Gasteiger partial charge in [0.1, 0.15) is 5.82 Å². The summed E-state index contributed by atoms with van der Waals surface area (Å²) in [7, 11) is 0. The number of benzene rings is 1. The molecule has 1 nitrogen and oxygen atoms in total. The van der Waals surface area contributed by atoms with Crippen LogP contribution in [0.5, 0.6) is 0 Å². The Morgan fingerprint density at radius 3 is 2.69 bits per heavy atom. The highest BCUT2D eigenvalue weighted by Gasteiger charge is 2.00. The Morgan fingerprint density at radius 2 is 2.15 bits per heavy atom. The minimum absolute atomic E-state index is 0.128. The van der Waals surface area contributed by atoms with E-state index < -0.39 is 0 Å². The Morgan fingerprint density at radius 1 is 1.46 bits per heavy atom. The van der Waals surface area contributed by atoms with E-state index in [9.17, 15) is 4.39 Å². The molecule has 0 radical (unpaired) electrons. The molecule has 13 heavy (non-hydrogen) atoms. The van der Waals surface area contributed by atoms with Gasteiger partial charge in [0, 0.05) is 0 Å². The molecule has 0 unspecified atom stereocenters. The van der Waals surface area contributed by atoms with E-state index in [1.165, 1.54) is 12.1 Å². The van der Waals surface area contributed by atoms with Gasteiger partial charge in [-0.15, -0.1) is 0 Å². The predicted molar refractivity (Wildman–Crippen MR) is 51.6 cm³/mol. The minimum Gasteiger partial charge on any atom is -0.392 e. The molecule has 0 atom stereocenters. The fourth-order valence-electron chi connectivity index (χ4n) is 1.16. The number of allylic oxidation sites excluding steroid dienone is 1. The monoisotopic (exact) mass is 180 g/mol. The van der Waals surface area contributed by atoms with Crippen LogP contribution < -0.4 is 0 Å². The van der Waals surface area contributed by atoms with E-state index >= 15 is 0 Å². The van der Waals surface area contributed by atoms with Crippen molar-refractivity contribution in [2.75, 3.05) is 0 Å². The first kappa shape index (κ1) is 9.93. The van der Waals surface area contributed by atoms with E-state index in [0.29, 0.717) is 5.56 Å². The Kier molecular flexibility index (Phi) is 3.20. The second kappa shape index (κ2) is 4.19. The van der Waals surface area contributed by atoms with Gasteiger partial charge in [0.25, 0.3) is 0 Å². The molecular formula is C11H13FO. The van der Waals surface area contributed by atoms with Crippen molar-refractivity contribution in [3.63, 3.8) is 0 Å². The van der Waals surface area contributed by atoms with E-state index in [0.717, 1.165) is 11.1 Å². The average Bonchev–Trinajstić information content (AvgIpc) is 2.07. The van der Waals surface area contributed by atoms with Crippen LogP contribution in [0.2, 0.25) is 0 Å². The third kappa shape index (κ3) is 2.67. The van der Waals surface area contributed by atoms with Crippen molar-refractivity contribution in [2.24, 2.45) is 0 Å². The largest absolute Gasteiger partial charge is 0.392 e. The van der Waals surface area contributed by atoms with Gasteiger partial charge in [-0.05, 0) is 37.1 Å². The van der Waals surface area contributed by atoms with E-state index in [2.05, 4.69) is 0 Å². The van der Waals surface area contributed by atoms with Crippen molar-refractivity contribution in [3.05, 3.63) is 40.7 Å². The molecule has 0 fully saturated rings. The molecule has 0 aromatic heterocycles. The Hall–Kier alpha value is -1.15. The second-order valence-corrected chi connectivity index (χ2v) is 3.22. The summed E-state index contributed by atoms with van der Waals surface area (Å²) in [5, 5.41) is 8.96. The quantitative estimate of drug-likeness (QED) is 0.742. The average molecular weight is 180 g/mol. The summed E-state index contributed by atoms with van der Waals surface area (Å²) < 4.78 is 12.7. The van der Waals surface area contributed by atoms with E-state index in [4.69, 9.17) is 5.11 Å². The summed E-state index contributed by atoms with van der Waals surface area (Å²) in [6.45, 7) is 3.80. The summed E-state index contributed by atoms with van der Waals surface area (Å²) >= 11 is 0. The maximum absolute atomic E-state index is 12.7. The van der Waals surface area contributed by atoms with Crippen molar-refractivity contribution >= 4 is 6.08 Å². The van der Waals surface area contributed by atoms with Crippen molar-refractivity contribution in [3.8, 4) is 0 Å². The molecule has 0 saturated carbocycles. The third-order valence-corrected chi connectivity index (χ3v) is 1.72. The van der Waals surface area contributed by atoms with Gasteiger partial charge in [-0.1, -0.05) is 17.7 Å². The van der Waals surface area contributed by atoms with Gasteiger partial charge in [0.2, 0.25) is 0 Å². The molecule has 0 heterocycles. The summed E-state index contributed by atoms with van der Waals surface area (Å²) in [4.78, 5) is 0. The Balaban J connectivity index is 3.14. The molecule has 0 bridgehead atoms. The van der Waals surface area contributed by atoms with Gasteiger partial charge in [-0.2, -0.15) is 0 Å². The number of aliphatic hydroxyl groups excluding tert-OH is 1. The zero-order valence-electron chi connectivity index (χ0n) is 7.84. The molecule has 2 heteroatoms. The lowest BCUT2D eigenvalue weighted by molar-refractivity contribution is 0.281. The van der Waals surface area contributed by atoms with Gasteiger partial charge in [0.15, 0.2) is 0 Å². The molecule has 0 amide bonds.